The number of nitrogens with zero attached hydrogens (tertiary/aromatic N) is 1. The van der Waals surface area contributed by atoms with Gasteiger partial charge in [-0.25, -0.2) is 0 Å². The van der Waals surface area contributed by atoms with Gasteiger partial charge in [0.2, 0.25) is 29.5 Å². The number of amides is 6. The molecule has 366 valence electrons. The van der Waals surface area contributed by atoms with Gasteiger partial charge in [0.1, 0.15) is 30.2 Å². The van der Waals surface area contributed by atoms with Gasteiger partial charge in [0.15, 0.2) is 0 Å². The summed E-state index contributed by atoms with van der Waals surface area (Å²) < 4.78 is 0. The lowest BCUT2D eigenvalue weighted by atomic mass is 9.86. The van der Waals surface area contributed by atoms with Crippen LogP contribution in [-0.2, 0) is 35.8 Å². The van der Waals surface area contributed by atoms with Gasteiger partial charge >= 0.3 is 0 Å². The van der Waals surface area contributed by atoms with E-state index in [0.717, 1.165) is 37.2 Å². The van der Waals surface area contributed by atoms with Crippen molar-refractivity contribution in [2.75, 3.05) is 38.1 Å². The molecule has 15 nitrogen and oxygen atoms in total. The van der Waals surface area contributed by atoms with Crippen LogP contribution in [0.15, 0.2) is 78.9 Å². The molecule has 0 aliphatic heterocycles. The van der Waals surface area contributed by atoms with Gasteiger partial charge in [-0.1, -0.05) is 103 Å². The van der Waals surface area contributed by atoms with Crippen LogP contribution in [0.5, 0.6) is 0 Å². The van der Waals surface area contributed by atoms with Crippen LogP contribution in [0.2, 0.25) is 0 Å². The lowest BCUT2D eigenvalue weighted by molar-refractivity contribution is -0.134. The van der Waals surface area contributed by atoms with Gasteiger partial charge in [0, 0.05) is 23.2 Å². The zero-order valence-corrected chi connectivity index (χ0v) is 41.0. The van der Waals surface area contributed by atoms with Crippen molar-refractivity contribution in [3.05, 3.63) is 101 Å². The van der Waals surface area contributed by atoms with E-state index in [1.807, 2.05) is 56.3 Å². The summed E-state index contributed by atoms with van der Waals surface area (Å²) in [7, 11) is 0. The Morgan fingerprint density at radius 3 is 1.87 bits per heavy atom. The number of nitrogens with two attached hydrogens (primary N) is 1. The van der Waals surface area contributed by atoms with Crippen LogP contribution in [0, 0.1) is 29.6 Å². The number of anilines is 1. The molecular formula is C53H72N8O7. The number of hydrogen-bond acceptors (Lipinski definition) is 9. The van der Waals surface area contributed by atoms with E-state index in [2.05, 4.69) is 95.1 Å². The van der Waals surface area contributed by atoms with E-state index in [9.17, 15) is 33.9 Å². The average molecular weight is 933 g/mol. The maximum absolute atomic E-state index is 14.1. The van der Waals surface area contributed by atoms with Crippen LogP contribution < -0.4 is 37.6 Å². The number of rotatable bonds is 24. The molecule has 68 heavy (non-hydrogen) atoms. The molecule has 0 heterocycles. The summed E-state index contributed by atoms with van der Waals surface area (Å²) in [5.74, 6) is 7.06. The summed E-state index contributed by atoms with van der Waals surface area (Å²) >= 11 is 0. The zero-order chi connectivity index (χ0) is 50.2. The fraction of sp³-hybridized carbons (Fsp3) is 0.472. The summed E-state index contributed by atoms with van der Waals surface area (Å²) in [6, 6.07) is 17.2. The predicted octanol–water partition coefficient (Wildman–Crippen LogP) is 3.79. The first-order chi connectivity index (χ1) is 32.4. The van der Waals surface area contributed by atoms with Crippen molar-refractivity contribution in [2.24, 2.45) is 11.7 Å². The second-order valence-electron chi connectivity index (χ2n) is 18.1. The fourth-order valence-electron chi connectivity index (χ4n) is 7.10. The molecule has 0 aliphatic rings. The average Bonchev–Trinajstić information content (AvgIpc) is 3.31. The van der Waals surface area contributed by atoms with Crippen LogP contribution in [0.3, 0.4) is 0 Å². The number of nitrogens with one attached hydrogen (secondary N) is 6. The molecule has 15 heteroatoms. The second kappa shape index (κ2) is 28.6. The molecule has 0 saturated carbocycles. The molecule has 3 rings (SSSR count). The Hall–Kier alpha value is -6.52. The van der Waals surface area contributed by atoms with Gasteiger partial charge in [-0.3, -0.25) is 28.8 Å². The summed E-state index contributed by atoms with van der Waals surface area (Å²) in [5, 5.41) is 26.7. The predicted molar refractivity (Wildman–Crippen MR) is 267 cm³/mol. The molecule has 3 aromatic rings. The quantitative estimate of drug-likeness (QED) is 0.0483. The van der Waals surface area contributed by atoms with Gasteiger partial charge in [-0.2, -0.15) is 0 Å². The Kier molecular flexibility index (Phi) is 23.5. The van der Waals surface area contributed by atoms with E-state index in [1.165, 1.54) is 6.92 Å². The van der Waals surface area contributed by atoms with E-state index in [4.69, 9.17) is 5.73 Å². The number of benzene rings is 3. The number of aliphatic hydroxyl groups excluding tert-OH is 1. The van der Waals surface area contributed by atoms with Crippen LogP contribution >= 0.6 is 0 Å². The molecule has 0 radical (unpaired) electrons. The molecule has 9 N–H and O–H groups in total. The zero-order valence-electron chi connectivity index (χ0n) is 41.0. The highest BCUT2D eigenvalue weighted by molar-refractivity contribution is 6.00. The standard InChI is InChI=1S/C53H72N8O7/c1-9-61(10-2)32-18-16-22-43(49(65)60-46(35-62)52(68)56-42-29-23-38(24-30-42)19-15-12-17-31-54)57-51(67)44(33-36(3)4)58-47(63)37(5)55-50(66)45(34-39-20-13-11-14-21-39)59-48(64)40-25-27-41(28-26-40)53(6,7)8/h11,13-14,20-21,23-30,36-37,43-46,62H,9-10,16,18,22,31-35,54H2,1-8H3,(H,55,66)(H,56,68)(H,57,67)(H,58,63)(H,59,64)(H,60,65)/t37-,43-,44-,45-,46-/m0/s1. The summed E-state index contributed by atoms with van der Waals surface area (Å²) in [6.45, 7) is 17.6. The largest absolute Gasteiger partial charge is 0.394 e. The highest BCUT2D eigenvalue weighted by Gasteiger charge is 2.32. The highest BCUT2D eigenvalue weighted by Crippen LogP contribution is 2.22. The number of carbonyl (C=O) groups is 6. The Morgan fingerprint density at radius 1 is 0.676 bits per heavy atom. The van der Waals surface area contributed by atoms with Crippen LogP contribution in [0.1, 0.15) is 108 Å². The first kappa shape index (κ1) is 55.8. The molecular weight excluding hydrogens is 861 g/mol. The summed E-state index contributed by atoms with van der Waals surface area (Å²) in [4.78, 5) is 84.7. The number of hydrogen-bond donors (Lipinski definition) is 8. The lowest BCUT2D eigenvalue weighted by Gasteiger charge is -2.27. The third-order valence-electron chi connectivity index (χ3n) is 11.2. The monoisotopic (exact) mass is 933 g/mol. The summed E-state index contributed by atoms with van der Waals surface area (Å²) in [5.41, 5.74) is 8.52. The van der Waals surface area contributed by atoms with Crippen molar-refractivity contribution >= 4 is 41.1 Å². The Bertz CT molecular complexity index is 2230. The van der Waals surface area contributed by atoms with Crippen molar-refractivity contribution < 1.29 is 33.9 Å². The Labute approximate surface area is 402 Å². The third kappa shape index (κ3) is 19.4. The molecule has 0 fully saturated rings. The summed E-state index contributed by atoms with van der Waals surface area (Å²) in [6.07, 6.45) is 1.83. The van der Waals surface area contributed by atoms with Gasteiger partial charge in [-0.05, 0) is 123 Å². The van der Waals surface area contributed by atoms with Crippen molar-refractivity contribution in [3.8, 4) is 23.7 Å². The third-order valence-corrected chi connectivity index (χ3v) is 11.2. The smallest absolute Gasteiger partial charge is 0.251 e. The normalized spacial score (nSPS) is 13.2. The SMILES string of the molecule is CCN(CC)CCCC[C@H](NC(=O)[C@H](CC(C)C)NC(=O)[C@H](C)NC(=O)[C@H](Cc1ccccc1)NC(=O)c1ccc(C(C)(C)C)cc1)C(=O)N[C@@H](CO)C(=O)Nc1ccc(C#CC#CCN)cc1. The topological polar surface area (TPSA) is 224 Å². The minimum absolute atomic E-state index is 0.0753. The van der Waals surface area contributed by atoms with E-state index in [-0.39, 0.29) is 37.1 Å². The van der Waals surface area contributed by atoms with Gasteiger partial charge in [0.05, 0.1) is 13.2 Å². The lowest BCUT2D eigenvalue weighted by Crippen LogP contribution is -2.59. The molecule has 6 amide bonds. The van der Waals surface area contributed by atoms with Gasteiger partial charge < -0.3 is 47.6 Å². The number of carbonyl (C=O) groups excluding carboxylic acids is 6. The van der Waals surface area contributed by atoms with Crippen LogP contribution in [-0.4, -0.2) is 108 Å². The Morgan fingerprint density at radius 2 is 1.28 bits per heavy atom. The molecule has 0 saturated heterocycles. The maximum atomic E-state index is 14.1. The number of aliphatic hydroxyl groups is 1. The van der Waals surface area contributed by atoms with Gasteiger partial charge in [-0.15, -0.1) is 0 Å². The highest BCUT2D eigenvalue weighted by atomic mass is 16.3. The van der Waals surface area contributed by atoms with Crippen molar-refractivity contribution in [2.45, 2.75) is 123 Å². The fourth-order valence-corrected chi connectivity index (χ4v) is 7.10. The van der Waals surface area contributed by atoms with E-state index in [1.54, 1.807) is 36.4 Å². The molecule has 0 aromatic heterocycles. The van der Waals surface area contributed by atoms with Crippen LogP contribution in [0.25, 0.3) is 0 Å². The maximum Gasteiger partial charge on any atom is 0.251 e. The van der Waals surface area contributed by atoms with E-state index in [0.29, 0.717) is 23.2 Å². The second-order valence-corrected chi connectivity index (χ2v) is 18.1. The molecule has 3 aromatic carbocycles. The van der Waals surface area contributed by atoms with Crippen molar-refractivity contribution in [1.29, 1.82) is 0 Å². The minimum atomic E-state index is -1.36. The van der Waals surface area contributed by atoms with Crippen molar-refractivity contribution in [1.82, 2.24) is 31.5 Å². The Balaban J connectivity index is 1.77. The van der Waals surface area contributed by atoms with E-state index < -0.39 is 72.3 Å². The molecule has 0 unspecified atom stereocenters. The van der Waals surface area contributed by atoms with Crippen molar-refractivity contribution in [3.63, 3.8) is 0 Å². The number of unbranched alkanes of at least 4 members (excludes halogenated alkanes) is 1. The first-order valence-corrected chi connectivity index (χ1v) is 23.5. The molecule has 0 aliphatic carbocycles. The van der Waals surface area contributed by atoms with E-state index >= 15 is 0 Å². The first-order valence-electron chi connectivity index (χ1n) is 23.5. The molecule has 0 spiro atoms. The van der Waals surface area contributed by atoms with Crippen LogP contribution in [0.4, 0.5) is 5.69 Å². The van der Waals surface area contributed by atoms with Gasteiger partial charge in [0.25, 0.3) is 5.91 Å². The minimum Gasteiger partial charge on any atom is -0.394 e. The molecule has 5 atom stereocenters. The molecule has 0 bridgehead atoms.